The Balaban J connectivity index is 0.000000142. The molecule has 5 N–H and O–H groups in total. The van der Waals surface area contributed by atoms with Gasteiger partial charge in [-0.25, -0.2) is 14.3 Å². The highest BCUT2D eigenvalue weighted by molar-refractivity contribution is 5.92. The fourth-order valence-corrected chi connectivity index (χ4v) is 2.92. The van der Waals surface area contributed by atoms with Crippen molar-refractivity contribution in [3.05, 3.63) is 47.5 Å². The van der Waals surface area contributed by atoms with Crippen molar-refractivity contribution in [1.82, 2.24) is 15.0 Å². The molecule has 0 bridgehead atoms. The van der Waals surface area contributed by atoms with Gasteiger partial charge in [0, 0.05) is 6.04 Å². The standard InChI is InChI=1S/C10H9N3O2.C10H12N2O2/c14-10(15)6-1-4-8-9(5-6)13(12-11-8)7-2-3-7;11-8-4-1-6(10(13)14)5-9(8)12-7-2-3-7/h1,4-5,7H,2-3H2,(H,14,15);1,4-5,7,12H,2-3,11H2,(H,13,14). The highest BCUT2D eigenvalue weighted by Gasteiger charge is 2.26. The van der Waals surface area contributed by atoms with Gasteiger partial charge in [-0.2, -0.15) is 0 Å². The molecule has 0 amide bonds. The molecule has 0 aliphatic heterocycles. The molecule has 2 aliphatic rings. The number of aromatic carboxylic acids is 2. The van der Waals surface area contributed by atoms with E-state index < -0.39 is 11.9 Å². The Kier molecular flexibility index (Phi) is 4.79. The van der Waals surface area contributed by atoms with Gasteiger partial charge in [-0.15, -0.1) is 5.10 Å². The van der Waals surface area contributed by atoms with Crippen LogP contribution in [0, 0.1) is 0 Å². The molecule has 1 heterocycles. The Morgan fingerprint density at radius 2 is 1.66 bits per heavy atom. The molecule has 2 aromatic carbocycles. The van der Waals surface area contributed by atoms with Crippen LogP contribution in [-0.2, 0) is 0 Å². The molecule has 2 saturated carbocycles. The van der Waals surface area contributed by atoms with Crippen LogP contribution in [0.1, 0.15) is 52.4 Å². The summed E-state index contributed by atoms with van der Waals surface area (Å²) >= 11 is 0. The smallest absolute Gasteiger partial charge is 0.335 e. The maximum atomic E-state index is 10.8. The lowest BCUT2D eigenvalue weighted by Gasteiger charge is -2.08. The van der Waals surface area contributed by atoms with E-state index in [0.29, 0.717) is 17.8 Å². The van der Waals surface area contributed by atoms with Crippen LogP contribution >= 0.6 is 0 Å². The fraction of sp³-hybridized carbons (Fsp3) is 0.300. The summed E-state index contributed by atoms with van der Waals surface area (Å²) < 4.78 is 1.82. The molecule has 9 nitrogen and oxygen atoms in total. The lowest BCUT2D eigenvalue weighted by molar-refractivity contribution is 0.0686. The first kappa shape index (κ1) is 18.7. The molecule has 0 spiro atoms. The minimum atomic E-state index is -0.927. The molecule has 9 heteroatoms. The van der Waals surface area contributed by atoms with Crippen molar-refractivity contribution >= 4 is 34.3 Å². The van der Waals surface area contributed by atoms with Crippen molar-refractivity contribution in [2.45, 2.75) is 37.8 Å². The van der Waals surface area contributed by atoms with Crippen molar-refractivity contribution in [3.8, 4) is 0 Å². The number of carbonyl (C=O) groups is 2. The van der Waals surface area contributed by atoms with Gasteiger partial charge in [0.25, 0.3) is 0 Å². The first-order valence-corrected chi connectivity index (χ1v) is 9.40. The number of nitrogen functional groups attached to an aromatic ring is 1. The van der Waals surface area contributed by atoms with Crippen molar-refractivity contribution in [2.75, 3.05) is 11.1 Å². The van der Waals surface area contributed by atoms with E-state index in [1.54, 1.807) is 30.3 Å². The second-order valence-corrected chi connectivity index (χ2v) is 7.30. The van der Waals surface area contributed by atoms with Crippen molar-refractivity contribution in [1.29, 1.82) is 0 Å². The van der Waals surface area contributed by atoms with E-state index in [-0.39, 0.29) is 11.1 Å². The van der Waals surface area contributed by atoms with Crippen LogP contribution in [0.2, 0.25) is 0 Å². The molecule has 150 valence electrons. The second kappa shape index (κ2) is 7.42. The van der Waals surface area contributed by atoms with Crippen molar-refractivity contribution in [2.24, 2.45) is 0 Å². The normalized spacial score (nSPS) is 15.4. The second-order valence-electron chi connectivity index (χ2n) is 7.30. The number of benzene rings is 2. The zero-order valence-corrected chi connectivity index (χ0v) is 15.6. The number of carboxylic acids is 2. The van der Waals surface area contributed by atoms with E-state index in [9.17, 15) is 9.59 Å². The number of nitrogens with one attached hydrogen (secondary N) is 1. The van der Waals surface area contributed by atoms with Gasteiger partial charge >= 0.3 is 11.9 Å². The molecule has 0 radical (unpaired) electrons. The Morgan fingerprint density at radius 3 is 2.28 bits per heavy atom. The minimum Gasteiger partial charge on any atom is -0.478 e. The summed E-state index contributed by atoms with van der Waals surface area (Å²) in [6, 6.07) is 10.5. The van der Waals surface area contributed by atoms with E-state index in [1.165, 1.54) is 6.07 Å². The maximum absolute atomic E-state index is 10.8. The van der Waals surface area contributed by atoms with Gasteiger partial charge in [-0.1, -0.05) is 5.21 Å². The van der Waals surface area contributed by atoms with Crippen LogP contribution in [0.25, 0.3) is 11.0 Å². The van der Waals surface area contributed by atoms with Crippen LogP contribution in [0.15, 0.2) is 36.4 Å². The third-order valence-corrected chi connectivity index (χ3v) is 4.85. The third-order valence-electron chi connectivity index (χ3n) is 4.85. The lowest BCUT2D eigenvalue weighted by atomic mass is 10.1. The Morgan fingerprint density at radius 1 is 1.00 bits per heavy atom. The molecule has 1 aromatic heterocycles. The van der Waals surface area contributed by atoms with Crippen LogP contribution in [-0.4, -0.2) is 43.2 Å². The predicted molar refractivity (Wildman–Crippen MR) is 107 cm³/mol. The number of hydrogen-bond acceptors (Lipinski definition) is 6. The van der Waals surface area contributed by atoms with Gasteiger partial charge < -0.3 is 21.3 Å². The van der Waals surface area contributed by atoms with Crippen LogP contribution < -0.4 is 11.1 Å². The van der Waals surface area contributed by atoms with E-state index in [0.717, 1.165) is 42.4 Å². The molecule has 0 atom stereocenters. The summed E-state index contributed by atoms with van der Waals surface area (Å²) in [6.07, 6.45) is 4.49. The van der Waals surface area contributed by atoms with Crippen LogP contribution in [0.5, 0.6) is 0 Å². The topological polar surface area (TPSA) is 143 Å². The Hall–Kier alpha value is -3.62. The first-order chi connectivity index (χ1) is 13.9. The molecule has 29 heavy (non-hydrogen) atoms. The van der Waals surface area contributed by atoms with Gasteiger partial charge in [0.1, 0.15) is 5.52 Å². The molecule has 2 aliphatic carbocycles. The van der Waals surface area contributed by atoms with Crippen LogP contribution in [0.3, 0.4) is 0 Å². The Labute approximate surface area is 166 Å². The molecule has 0 unspecified atom stereocenters. The van der Waals surface area contributed by atoms with E-state index in [1.807, 2.05) is 4.68 Å². The summed E-state index contributed by atoms with van der Waals surface area (Å²) in [4.78, 5) is 21.5. The van der Waals surface area contributed by atoms with E-state index in [2.05, 4.69) is 15.6 Å². The average Bonchev–Trinajstić information content (AvgIpc) is 3.63. The monoisotopic (exact) mass is 395 g/mol. The number of anilines is 2. The largest absolute Gasteiger partial charge is 0.478 e. The summed E-state index contributed by atoms with van der Waals surface area (Å²) in [5.41, 5.74) is 9.16. The highest BCUT2D eigenvalue weighted by atomic mass is 16.4. The van der Waals surface area contributed by atoms with Crippen molar-refractivity contribution in [3.63, 3.8) is 0 Å². The van der Waals surface area contributed by atoms with Gasteiger partial charge in [0.05, 0.1) is 34.1 Å². The molecule has 2 fully saturated rings. The zero-order valence-electron chi connectivity index (χ0n) is 15.6. The number of aromatic nitrogens is 3. The molecule has 3 aromatic rings. The average molecular weight is 395 g/mol. The Bertz CT molecular complexity index is 1090. The van der Waals surface area contributed by atoms with Gasteiger partial charge in [-0.05, 0) is 62.1 Å². The SMILES string of the molecule is Nc1ccc(C(=O)O)cc1NC1CC1.O=C(O)c1ccc2nnn(C3CC3)c2c1. The zero-order chi connectivity index (χ0) is 20.5. The first-order valence-electron chi connectivity index (χ1n) is 9.40. The number of fused-ring (bicyclic) bond motifs is 1. The number of nitrogens with zero attached hydrogens (tertiary/aromatic N) is 3. The molecular formula is C20H21N5O4. The maximum Gasteiger partial charge on any atom is 0.335 e. The van der Waals surface area contributed by atoms with Gasteiger partial charge in [0.2, 0.25) is 0 Å². The molecule has 0 saturated heterocycles. The third kappa shape index (κ3) is 4.29. The van der Waals surface area contributed by atoms with E-state index >= 15 is 0 Å². The van der Waals surface area contributed by atoms with Gasteiger partial charge in [-0.3, -0.25) is 0 Å². The predicted octanol–water partition coefficient (Wildman–Crippen LogP) is 3.01. The van der Waals surface area contributed by atoms with E-state index in [4.69, 9.17) is 15.9 Å². The number of rotatable bonds is 5. The number of nitrogens with two attached hydrogens (primary N) is 1. The minimum absolute atomic E-state index is 0.266. The number of carboxylic acid groups (broad SMARTS) is 2. The summed E-state index contributed by atoms with van der Waals surface area (Å²) in [5.74, 6) is -1.84. The summed E-state index contributed by atoms with van der Waals surface area (Å²) in [6.45, 7) is 0. The summed E-state index contributed by atoms with van der Waals surface area (Å²) in [5, 5.41) is 28.9. The van der Waals surface area contributed by atoms with Crippen LogP contribution in [0.4, 0.5) is 11.4 Å². The fourth-order valence-electron chi connectivity index (χ4n) is 2.92. The quantitative estimate of drug-likeness (QED) is 0.483. The molecule has 5 rings (SSSR count). The van der Waals surface area contributed by atoms with Crippen molar-refractivity contribution < 1.29 is 19.8 Å². The molecular weight excluding hydrogens is 374 g/mol. The summed E-state index contributed by atoms with van der Waals surface area (Å²) in [7, 11) is 0. The lowest BCUT2D eigenvalue weighted by Crippen LogP contribution is -2.06. The van der Waals surface area contributed by atoms with Gasteiger partial charge in [0.15, 0.2) is 0 Å². The highest BCUT2D eigenvalue weighted by Crippen LogP contribution is 2.36. The number of hydrogen-bond donors (Lipinski definition) is 4.